The van der Waals surface area contributed by atoms with Gasteiger partial charge in [-0.2, -0.15) is 5.10 Å². The van der Waals surface area contributed by atoms with Crippen LogP contribution in [0.2, 0.25) is 5.02 Å². The highest BCUT2D eigenvalue weighted by Crippen LogP contribution is 2.32. The van der Waals surface area contributed by atoms with Crippen molar-refractivity contribution in [3.8, 4) is 11.1 Å². The smallest absolute Gasteiger partial charge is 0.0703 e. The first-order chi connectivity index (χ1) is 9.12. The van der Waals surface area contributed by atoms with Gasteiger partial charge in [0.2, 0.25) is 0 Å². The summed E-state index contributed by atoms with van der Waals surface area (Å²) >= 11 is 6.06. The van der Waals surface area contributed by atoms with Gasteiger partial charge in [0, 0.05) is 29.9 Å². The van der Waals surface area contributed by atoms with E-state index in [0.29, 0.717) is 6.54 Å². The van der Waals surface area contributed by atoms with Crippen LogP contribution in [-0.4, -0.2) is 9.78 Å². The van der Waals surface area contributed by atoms with Gasteiger partial charge in [0.1, 0.15) is 0 Å². The molecule has 0 saturated carbocycles. The minimum atomic E-state index is 0.483. The molecule has 0 fully saturated rings. The summed E-state index contributed by atoms with van der Waals surface area (Å²) in [6, 6.07) is 5.92. The number of hydrogen-bond donors (Lipinski definition) is 1. The lowest BCUT2D eigenvalue weighted by Crippen LogP contribution is -2.01. The number of aromatic nitrogens is 2. The van der Waals surface area contributed by atoms with Crippen LogP contribution < -0.4 is 5.73 Å². The van der Waals surface area contributed by atoms with Crippen LogP contribution in [0.3, 0.4) is 0 Å². The van der Waals surface area contributed by atoms with E-state index in [2.05, 4.69) is 25.0 Å². The monoisotopic (exact) mass is 277 g/mol. The molecule has 2 rings (SSSR count). The SMILES string of the molecule is CCc1nn(C)c(CC)c1-c1ccc(Cl)cc1CN. The first-order valence-electron chi connectivity index (χ1n) is 6.65. The van der Waals surface area contributed by atoms with Crippen molar-refractivity contribution in [3.05, 3.63) is 40.2 Å². The average molecular weight is 278 g/mol. The number of nitrogens with zero attached hydrogens (tertiary/aromatic N) is 2. The second kappa shape index (κ2) is 5.76. The molecule has 0 bridgehead atoms. The maximum atomic E-state index is 6.06. The zero-order valence-corrected chi connectivity index (χ0v) is 12.5. The molecule has 4 heteroatoms. The zero-order valence-electron chi connectivity index (χ0n) is 11.7. The third-order valence-electron chi connectivity index (χ3n) is 3.46. The van der Waals surface area contributed by atoms with Gasteiger partial charge >= 0.3 is 0 Å². The van der Waals surface area contributed by atoms with Gasteiger partial charge in [-0.3, -0.25) is 4.68 Å². The molecule has 0 atom stereocenters. The van der Waals surface area contributed by atoms with Crippen LogP contribution in [0.4, 0.5) is 0 Å². The molecule has 1 aromatic carbocycles. The van der Waals surface area contributed by atoms with Crippen molar-refractivity contribution in [3.63, 3.8) is 0 Å². The normalized spacial score (nSPS) is 11.0. The van der Waals surface area contributed by atoms with Crippen LogP contribution in [0, 0.1) is 0 Å². The Bertz CT molecular complexity index is 587. The van der Waals surface area contributed by atoms with E-state index in [4.69, 9.17) is 17.3 Å². The molecule has 3 nitrogen and oxygen atoms in total. The van der Waals surface area contributed by atoms with Crippen LogP contribution in [0.25, 0.3) is 11.1 Å². The van der Waals surface area contributed by atoms with Gasteiger partial charge < -0.3 is 5.73 Å². The van der Waals surface area contributed by atoms with Crippen LogP contribution in [-0.2, 0) is 26.4 Å². The van der Waals surface area contributed by atoms with Crippen molar-refractivity contribution in [1.82, 2.24) is 9.78 Å². The van der Waals surface area contributed by atoms with Gasteiger partial charge in [-0.1, -0.05) is 31.5 Å². The minimum Gasteiger partial charge on any atom is -0.326 e. The summed E-state index contributed by atoms with van der Waals surface area (Å²) in [4.78, 5) is 0. The minimum absolute atomic E-state index is 0.483. The molecule has 2 aromatic rings. The summed E-state index contributed by atoms with van der Waals surface area (Å²) < 4.78 is 1.98. The molecule has 0 saturated heterocycles. The molecule has 1 heterocycles. The Kier molecular flexibility index (Phi) is 4.27. The molecule has 102 valence electrons. The number of nitrogens with two attached hydrogens (primary N) is 1. The van der Waals surface area contributed by atoms with E-state index in [0.717, 1.165) is 34.7 Å². The number of benzene rings is 1. The molecule has 0 amide bonds. The van der Waals surface area contributed by atoms with Crippen molar-refractivity contribution in [2.24, 2.45) is 12.8 Å². The molecule has 0 aliphatic rings. The van der Waals surface area contributed by atoms with Crippen molar-refractivity contribution >= 4 is 11.6 Å². The Morgan fingerprint density at radius 3 is 2.58 bits per heavy atom. The van der Waals surface area contributed by atoms with Gasteiger partial charge in [0.05, 0.1) is 5.69 Å². The Morgan fingerprint density at radius 2 is 2.00 bits per heavy atom. The second-order valence-electron chi connectivity index (χ2n) is 4.60. The molecule has 0 unspecified atom stereocenters. The Labute approximate surface area is 119 Å². The zero-order chi connectivity index (χ0) is 14.0. The number of aryl methyl sites for hydroxylation is 2. The van der Waals surface area contributed by atoms with Crippen LogP contribution in [0.1, 0.15) is 30.8 Å². The Morgan fingerprint density at radius 1 is 1.26 bits per heavy atom. The fourth-order valence-electron chi connectivity index (χ4n) is 2.56. The highest BCUT2D eigenvalue weighted by Gasteiger charge is 2.17. The first-order valence-corrected chi connectivity index (χ1v) is 7.03. The standard InChI is InChI=1S/C15H20ClN3/c1-4-13-15(14(5-2)19(3)18-13)12-7-6-11(16)8-10(12)9-17/h6-8H,4-5,9,17H2,1-3H3. The third kappa shape index (κ3) is 2.53. The molecule has 19 heavy (non-hydrogen) atoms. The van der Waals surface area contributed by atoms with Crippen molar-refractivity contribution in [2.45, 2.75) is 33.2 Å². The number of halogens is 1. The summed E-state index contributed by atoms with van der Waals surface area (Å²) in [5.74, 6) is 0. The van der Waals surface area contributed by atoms with E-state index in [-0.39, 0.29) is 0 Å². The number of hydrogen-bond acceptors (Lipinski definition) is 2. The lowest BCUT2D eigenvalue weighted by molar-refractivity contribution is 0.705. The highest BCUT2D eigenvalue weighted by molar-refractivity contribution is 6.30. The highest BCUT2D eigenvalue weighted by atomic mass is 35.5. The molecular formula is C15H20ClN3. The molecule has 2 N–H and O–H groups in total. The topological polar surface area (TPSA) is 43.8 Å². The van der Waals surface area contributed by atoms with Crippen LogP contribution in [0.15, 0.2) is 18.2 Å². The quantitative estimate of drug-likeness (QED) is 0.932. The van der Waals surface area contributed by atoms with Gasteiger partial charge in [0.15, 0.2) is 0 Å². The van der Waals surface area contributed by atoms with Crippen molar-refractivity contribution in [1.29, 1.82) is 0 Å². The van der Waals surface area contributed by atoms with E-state index < -0.39 is 0 Å². The fourth-order valence-corrected chi connectivity index (χ4v) is 2.75. The van der Waals surface area contributed by atoms with Gasteiger partial charge in [0.25, 0.3) is 0 Å². The van der Waals surface area contributed by atoms with Crippen LogP contribution >= 0.6 is 11.6 Å². The maximum Gasteiger partial charge on any atom is 0.0703 e. The summed E-state index contributed by atoms with van der Waals surface area (Å²) in [5.41, 5.74) is 11.7. The van der Waals surface area contributed by atoms with E-state index in [1.807, 2.05) is 23.9 Å². The van der Waals surface area contributed by atoms with Gasteiger partial charge in [-0.25, -0.2) is 0 Å². The van der Waals surface area contributed by atoms with Gasteiger partial charge in [-0.15, -0.1) is 0 Å². The predicted molar refractivity (Wildman–Crippen MR) is 80.3 cm³/mol. The predicted octanol–water partition coefficient (Wildman–Crippen LogP) is 3.32. The lowest BCUT2D eigenvalue weighted by atomic mass is 9.96. The van der Waals surface area contributed by atoms with Crippen molar-refractivity contribution in [2.75, 3.05) is 0 Å². The van der Waals surface area contributed by atoms with E-state index >= 15 is 0 Å². The van der Waals surface area contributed by atoms with E-state index in [1.54, 1.807) is 0 Å². The second-order valence-corrected chi connectivity index (χ2v) is 5.04. The van der Waals surface area contributed by atoms with E-state index in [9.17, 15) is 0 Å². The third-order valence-corrected chi connectivity index (χ3v) is 3.70. The van der Waals surface area contributed by atoms with E-state index in [1.165, 1.54) is 11.3 Å². The number of rotatable bonds is 4. The lowest BCUT2D eigenvalue weighted by Gasteiger charge is -2.11. The van der Waals surface area contributed by atoms with Gasteiger partial charge in [-0.05, 0) is 36.1 Å². The summed E-state index contributed by atoms with van der Waals surface area (Å²) in [6.07, 6.45) is 1.86. The molecule has 0 spiro atoms. The molecule has 0 radical (unpaired) electrons. The van der Waals surface area contributed by atoms with Crippen LogP contribution in [0.5, 0.6) is 0 Å². The average Bonchev–Trinajstić information content (AvgIpc) is 2.74. The largest absolute Gasteiger partial charge is 0.326 e. The summed E-state index contributed by atoms with van der Waals surface area (Å²) in [5, 5.41) is 5.34. The first kappa shape index (κ1) is 14.1. The Balaban J connectivity index is 2.70. The summed E-state index contributed by atoms with van der Waals surface area (Å²) in [6.45, 7) is 4.76. The molecule has 0 aliphatic heterocycles. The maximum absolute atomic E-state index is 6.06. The molecule has 1 aromatic heterocycles. The molecular weight excluding hydrogens is 258 g/mol. The Hall–Kier alpha value is -1.32. The fraction of sp³-hybridized carbons (Fsp3) is 0.400. The summed E-state index contributed by atoms with van der Waals surface area (Å²) in [7, 11) is 2.00. The molecule has 0 aliphatic carbocycles. The van der Waals surface area contributed by atoms with Crippen molar-refractivity contribution < 1.29 is 0 Å².